The topological polar surface area (TPSA) is 86.6 Å². The Hall–Kier alpha value is -1.88. The second kappa shape index (κ2) is 8.43. The number of hydrogen-bond acceptors (Lipinski definition) is 3. The largest absolute Gasteiger partial charge is 0.483 e. The Labute approximate surface area is 93.7 Å². The van der Waals surface area contributed by atoms with Gasteiger partial charge in [0.15, 0.2) is 0 Å². The molecule has 1 atom stereocenters. The number of carbonyl (C=O) groups is 2. The van der Waals surface area contributed by atoms with Gasteiger partial charge in [0.2, 0.25) is 0 Å². The SMILES string of the molecule is CNC(Cc1ccccc1)C(=O)O.O=CO. The summed E-state index contributed by atoms with van der Waals surface area (Å²) in [4.78, 5) is 19.0. The highest BCUT2D eigenvalue weighted by atomic mass is 16.4. The van der Waals surface area contributed by atoms with Crippen LogP contribution in [0.5, 0.6) is 0 Å². The zero-order chi connectivity index (χ0) is 12.4. The molecule has 0 saturated heterocycles. The number of benzene rings is 1. The average molecular weight is 225 g/mol. The van der Waals surface area contributed by atoms with E-state index in [0.29, 0.717) is 6.42 Å². The van der Waals surface area contributed by atoms with Crippen LogP contribution >= 0.6 is 0 Å². The standard InChI is InChI=1S/C10H13NO2.CH2O2/c1-11-9(10(12)13)7-8-5-3-2-4-6-8;2-1-3/h2-6,9,11H,7H2,1H3,(H,12,13);1H,(H,2,3). The van der Waals surface area contributed by atoms with Crippen LogP contribution in [0.2, 0.25) is 0 Å². The quantitative estimate of drug-likeness (QED) is 0.653. The van der Waals surface area contributed by atoms with Crippen molar-refractivity contribution in [3.8, 4) is 0 Å². The van der Waals surface area contributed by atoms with Gasteiger partial charge in [-0.15, -0.1) is 0 Å². The number of nitrogens with one attached hydrogen (secondary N) is 1. The highest BCUT2D eigenvalue weighted by molar-refractivity contribution is 5.73. The number of likely N-dealkylation sites (N-methyl/N-ethyl adjacent to an activating group) is 1. The maximum absolute atomic E-state index is 10.7. The van der Waals surface area contributed by atoms with E-state index in [4.69, 9.17) is 15.0 Å². The molecule has 0 heterocycles. The van der Waals surface area contributed by atoms with Gasteiger partial charge in [0.1, 0.15) is 6.04 Å². The monoisotopic (exact) mass is 225 g/mol. The van der Waals surface area contributed by atoms with Crippen molar-refractivity contribution in [3.63, 3.8) is 0 Å². The van der Waals surface area contributed by atoms with Crippen LogP contribution in [-0.4, -0.2) is 35.7 Å². The van der Waals surface area contributed by atoms with Crippen molar-refractivity contribution < 1.29 is 19.8 Å². The van der Waals surface area contributed by atoms with E-state index in [9.17, 15) is 4.79 Å². The van der Waals surface area contributed by atoms with Gasteiger partial charge >= 0.3 is 5.97 Å². The van der Waals surface area contributed by atoms with Crippen molar-refractivity contribution in [2.45, 2.75) is 12.5 Å². The lowest BCUT2D eigenvalue weighted by Gasteiger charge is -2.10. The van der Waals surface area contributed by atoms with Gasteiger partial charge in [-0.1, -0.05) is 30.3 Å². The van der Waals surface area contributed by atoms with Crippen LogP contribution in [0, 0.1) is 0 Å². The van der Waals surface area contributed by atoms with Crippen molar-refractivity contribution in [1.29, 1.82) is 0 Å². The zero-order valence-corrected chi connectivity index (χ0v) is 8.96. The van der Waals surface area contributed by atoms with Crippen molar-refractivity contribution in [1.82, 2.24) is 5.32 Å². The third-order valence-corrected chi connectivity index (χ3v) is 1.93. The summed E-state index contributed by atoms with van der Waals surface area (Å²) in [6.45, 7) is -0.250. The molecule has 5 heteroatoms. The molecule has 3 N–H and O–H groups in total. The Balaban J connectivity index is 0.000000673. The van der Waals surface area contributed by atoms with Crippen molar-refractivity contribution in [2.24, 2.45) is 0 Å². The van der Waals surface area contributed by atoms with Gasteiger partial charge in [0, 0.05) is 0 Å². The summed E-state index contributed by atoms with van der Waals surface area (Å²) in [5.74, 6) is -0.814. The maximum atomic E-state index is 10.7. The molecule has 16 heavy (non-hydrogen) atoms. The fourth-order valence-electron chi connectivity index (χ4n) is 1.16. The minimum absolute atomic E-state index is 0.250. The van der Waals surface area contributed by atoms with Crippen LogP contribution in [0.4, 0.5) is 0 Å². The van der Waals surface area contributed by atoms with Gasteiger partial charge in [-0.2, -0.15) is 0 Å². The van der Waals surface area contributed by atoms with Crippen LogP contribution in [-0.2, 0) is 16.0 Å². The summed E-state index contributed by atoms with van der Waals surface area (Å²) in [6, 6.07) is 9.08. The third kappa shape index (κ3) is 5.77. The first-order chi connectivity index (χ1) is 7.65. The Morgan fingerprint density at radius 3 is 2.31 bits per heavy atom. The van der Waals surface area contributed by atoms with Crippen LogP contribution < -0.4 is 5.32 Å². The van der Waals surface area contributed by atoms with Gasteiger partial charge in [-0.25, -0.2) is 0 Å². The molecular formula is C11H15NO4. The highest BCUT2D eigenvalue weighted by Gasteiger charge is 2.14. The molecule has 0 saturated carbocycles. The number of rotatable bonds is 4. The number of carboxylic acids is 1. The van der Waals surface area contributed by atoms with Crippen molar-refractivity contribution in [3.05, 3.63) is 35.9 Å². The molecule has 0 bridgehead atoms. The molecule has 0 aliphatic heterocycles. The van der Waals surface area contributed by atoms with Gasteiger partial charge in [0.05, 0.1) is 0 Å². The first-order valence-corrected chi connectivity index (χ1v) is 4.67. The Bertz CT molecular complexity index is 313. The lowest BCUT2D eigenvalue weighted by atomic mass is 10.1. The second-order valence-corrected chi connectivity index (χ2v) is 2.97. The summed E-state index contributed by atoms with van der Waals surface area (Å²) in [6.07, 6.45) is 0.521. The zero-order valence-electron chi connectivity index (χ0n) is 8.96. The van der Waals surface area contributed by atoms with Crippen LogP contribution in [0.1, 0.15) is 5.56 Å². The van der Waals surface area contributed by atoms with Crippen molar-refractivity contribution in [2.75, 3.05) is 7.05 Å². The van der Waals surface area contributed by atoms with Crippen molar-refractivity contribution >= 4 is 12.4 Å². The smallest absolute Gasteiger partial charge is 0.321 e. The number of aliphatic carboxylic acids is 1. The number of hydrogen-bond donors (Lipinski definition) is 3. The minimum Gasteiger partial charge on any atom is -0.483 e. The normalized spacial score (nSPS) is 10.8. The summed E-state index contributed by atoms with van der Waals surface area (Å²) >= 11 is 0. The number of carboxylic acid groups (broad SMARTS) is 2. The summed E-state index contributed by atoms with van der Waals surface area (Å²) < 4.78 is 0. The Morgan fingerprint density at radius 1 is 1.44 bits per heavy atom. The fraction of sp³-hybridized carbons (Fsp3) is 0.273. The fourth-order valence-corrected chi connectivity index (χ4v) is 1.16. The maximum Gasteiger partial charge on any atom is 0.321 e. The molecule has 0 spiro atoms. The highest BCUT2D eigenvalue weighted by Crippen LogP contribution is 2.02. The van der Waals surface area contributed by atoms with E-state index < -0.39 is 12.0 Å². The molecule has 1 aromatic carbocycles. The first kappa shape index (κ1) is 14.1. The average Bonchev–Trinajstić information content (AvgIpc) is 2.28. The van der Waals surface area contributed by atoms with E-state index in [1.54, 1.807) is 7.05 Å². The van der Waals surface area contributed by atoms with E-state index in [1.165, 1.54) is 0 Å². The van der Waals surface area contributed by atoms with E-state index in [-0.39, 0.29) is 6.47 Å². The molecular weight excluding hydrogens is 210 g/mol. The molecule has 1 unspecified atom stereocenters. The van der Waals surface area contributed by atoms with E-state index in [0.717, 1.165) is 5.56 Å². The van der Waals surface area contributed by atoms with Crippen LogP contribution in [0.15, 0.2) is 30.3 Å². The van der Waals surface area contributed by atoms with E-state index in [2.05, 4.69) is 5.32 Å². The molecule has 1 rings (SSSR count). The van der Waals surface area contributed by atoms with Crippen LogP contribution in [0.25, 0.3) is 0 Å². The predicted molar refractivity (Wildman–Crippen MR) is 59.3 cm³/mol. The molecule has 1 aromatic rings. The lowest BCUT2D eigenvalue weighted by molar-refractivity contribution is -0.139. The molecule has 0 aromatic heterocycles. The molecule has 0 radical (unpaired) electrons. The first-order valence-electron chi connectivity index (χ1n) is 4.67. The van der Waals surface area contributed by atoms with Crippen LogP contribution in [0.3, 0.4) is 0 Å². The summed E-state index contributed by atoms with van der Waals surface area (Å²) in [5, 5.41) is 18.4. The van der Waals surface area contributed by atoms with Gasteiger partial charge in [-0.3, -0.25) is 9.59 Å². The van der Waals surface area contributed by atoms with Gasteiger partial charge in [-0.05, 0) is 19.0 Å². The van der Waals surface area contributed by atoms with Gasteiger partial charge < -0.3 is 15.5 Å². The lowest BCUT2D eigenvalue weighted by Crippen LogP contribution is -2.35. The Morgan fingerprint density at radius 2 is 1.94 bits per heavy atom. The van der Waals surface area contributed by atoms with E-state index in [1.807, 2.05) is 30.3 Å². The van der Waals surface area contributed by atoms with E-state index >= 15 is 0 Å². The molecule has 88 valence electrons. The minimum atomic E-state index is -0.814. The second-order valence-electron chi connectivity index (χ2n) is 2.97. The Kier molecular flexibility index (Phi) is 7.44. The molecule has 0 amide bonds. The van der Waals surface area contributed by atoms with Gasteiger partial charge in [0.25, 0.3) is 6.47 Å². The molecule has 0 aliphatic rings. The third-order valence-electron chi connectivity index (χ3n) is 1.93. The summed E-state index contributed by atoms with van der Waals surface area (Å²) in [7, 11) is 1.65. The predicted octanol–water partition coefficient (Wildman–Crippen LogP) is 0.602. The summed E-state index contributed by atoms with van der Waals surface area (Å²) in [5.41, 5.74) is 1.03. The molecule has 0 fully saturated rings. The molecule has 0 aliphatic carbocycles. The molecule has 5 nitrogen and oxygen atoms in total.